The molecule has 0 aromatic heterocycles. The van der Waals surface area contributed by atoms with Gasteiger partial charge in [0.05, 0.1) is 5.25 Å². The third-order valence-electron chi connectivity index (χ3n) is 2.70. The third kappa shape index (κ3) is 4.22. The first-order chi connectivity index (χ1) is 8.97. The molecule has 6 nitrogen and oxygen atoms in total. The van der Waals surface area contributed by atoms with Crippen LogP contribution in [0, 0.1) is 0 Å². The largest absolute Gasteiger partial charge is 0.482 e. The summed E-state index contributed by atoms with van der Waals surface area (Å²) >= 11 is 0. The maximum absolute atomic E-state index is 11.6. The van der Waals surface area contributed by atoms with Gasteiger partial charge in [0.2, 0.25) is 10.0 Å². The number of benzene rings is 1. The molecule has 0 bridgehead atoms. The Bertz CT molecular complexity index is 565. The number of rotatable bonds is 7. The molecule has 0 amide bonds. The van der Waals surface area contributed by atoms with Gasteiger partial charge >= 0.3 is 5.97 Å². The van der Waals surface area contributed by atoms with Crippen molar-refractivity contribution < 1.29 is 23.1 Å². The molecule has 1 saturated carbocycles. The monoisotopic (exact) mass is 285 g/mol. The van der Waals surface area contributed by atoms with Gasteiger partial charge in [0, 0.05) is 6.54 Å². The minimum absolute atomic E-state index is 0.184. The van der Waals surface area contributed by atoms with Crippen LogP contribution in [0.1, 0.15) is 18.4 Å². The molecule has 1 aliphatic carbocycles. The highest BCUT2D eigenvalue weighted by atomic mass is 32.2. The van der Waals surface area contributed by atoms with Crippen molar-refractivity contribution in [1.29, 1.82) is 0 Å². The molecule has 1 aliphatic rings. The number of sulfonamides is 1. The number of aliphatic carboxylic acids is 1. The summed E-state index contributed by atoms with van der Waals surface area (Å²) in [4.78, 5) is 10.4. The molecule has 2 rings (SSSR count). The zero-order chi connectivity index (χ0) is 13.9. The summed E-state index contributed by atoms with van der Waals surface area (Å²) in [5.74, 6) is -0.648. The Morgan fingerprint density at radius 1 is 1.42 bits per heavy atom. The summed E-state index contributed by atoms with van der Waals surface area (Å²) in [6.07, 6.45) is 1.44. The fraction of sp³-hybridized carbons (Fsp3) is 0.417. The van der Waals surface area contributed by atoms with Gasteiger partial charge in [0.25, 0.3) is 0 Å². The van der Waals surface area contributed by atoms with Crippen molar-refractivity contribution in [2.24, 2.45) is 0 Å². The van der Waals surface area contributed by atoms with E-state index in [1.807, 2.05) is 0 Å². The molecule has 2 N–H and O–H groups in total. The summed E-state index contributed by atoms with van der Waals surface area (Å²) in [6.45, 7) is -0.236. The van der Waals surface area contributed by atoms with Crippen LogP contribution >= 0.6 is 0 Å². The van der Waals surface area contributed by atoms with E-state index < -0.39 is 22.6 Å². The van der Waals surface area contributed by atoms with Gasteiger partial charge < -0.3 is 9.84 Å². The maximum Gasteiger partial charge on any atom is 0.341 e. The van der Waals surface area contributed by atoms with E-state index in [0.29, 0.717) is 5.75 Å². The average molecular weight is 285 g/mol. The Hall–Kier alpha value is -1.60. The van der Waals surface area contributed by atoms with Crippen LogP contribution in [0.4, 0.5) is 0 Å². The molecule has 1 fully saturated rings. The molecule has 0 radical (unpaired) electrons. The van der Waals surface area contributed by atoms with E-state index >= 15 is 0 Å². The summed E-state index contributed by atoms with van der Waals surface area (Å²) in [7, 11) is -3.21. The quantitative estimate of drug-likeness (QED) is 0.770. The molecule has 0 atom stereocenters. The van der Waals surface area contributed by atoms with E-state index in [-0.39, 0.29) is 11.8 Å². The predicted molar refractivity (Wildman–Crippen MR) is 68.4 cm³/mol. The van der Waals surface area contributed by atoms with E-state index in [1.54, 1.807) is 24.3 Å². The second-order valence-electron chi connectivity index (χ2n) is 4.40. The summed E-state index contributed by atoms with van der Waals surface area (Å²) < 4.78 is 30.8. The van der Waals surface area contributed by atoms with Gasteiger partial charge in [-0.3, -0.25) is 0 Å². The van der Waals surface area contributed by atoms with E-state index in [9.17, 15) is 13.2 Å². The molecule has 1 aromatic rings. The highest BCUT2D eigenvalue weighted by molar-refractivity contribution is 7.90. The second kappa shape index (κ2) is 5.58. The number of hydrogen-bond acceptors (Lipinski definition) is 4. The minimum Gasteiger partial charge on any atom is -0.482 e. The van der Waals surface area contributed by atoms with Crippen molar-refractivity contribution in [3.8, 4) is 5.75 Å². The number of carbonyl (C=O) groups is 1. The van der Waals surface area contributed by atoms with E-state index in [4.69, 9.17) is 9.84 Å². The molecule has 0 spiro atoms. The molecule has 0 heterocycles. The highest BCUT2D eigenvalue weighted by Gasteiger charge is 2.35. The molecule has 19 heavy (non-hydrogen) atoms. The van der Waals surface area contributed by atoms with Crippen molar-refractivity contribution >= 4 is 16.0 Å². The standard InChI is InChI=1S/C12H15NO5S/c14-12(15)8-18-10-3-1-2-9(6-10)7-13-19(16,17)11-4-5-11/h1-3,6,11,13H,4-5,7-8H2,(H,14,15). The summed E-state index contributed by atoms with van der Waals surface area (Å²) in [5.41, 5.74) is 0.729. The van der Waals surface area contributed by atoms with Crippen molar-refractivity contribution in [3.05, 3.63) is 29.8 Å². The zero-order valence-electron chi connectivity index (χ0n) is 10.2. The van der Waals surface area contributed by atoms with Gasteiger partial charge in [-0.1, -0.05) is 12.1 Å². The van der Waals surface area contributed by atoms with Crippen LogP contribution < -0.4 is 9.46 Å². The Morgan fingerprint density at radius 2 is 2.16 bits per heavy atom. The second-order valence-corrected chi connectivity index (χ2v) is 6.44. The number of carboxylic acid groups (broad SMARTS) is 1. The Kier molecular flexibility index (Phi) is 4.06. The summed E-state index contributed by atoms with van der Waals surface area (Å²) in [5, 5.41) is 8.25. The van der Waals surface area contributed by atoms with Crippen LogP contribution in [0.3, 0.4) is 0 Å². The molecule has 0 aliphatic heterocycles. The van der Waals surface area contributed by atoms with Crippen molar-refractivity contribution in [2.75, 3.05) is 6.61 Å². The van der Waals surface area contributed by atoms with Crippen LogP contribution in [-0.4, -0.2) is 31.4 Å². The van der Waals surface area contributed by atoms with E-state index in [0.717, 1.165) is 18.4 Å². The Morgan fingerprint density at radius 3 is 2.79 bits per heavy atom. The number of hydrogen-bond donors (Lipinski definition) is 2. The number of ether oxygens (including phenoxy) is 1. The fourth-order valence-corrected chi connectivity index (χ4v) is 2.93. The van der Waals surface area contributed by atoms with Crippen molar-refractivity contribution in [3.63, 3.8) is 0 Å². The fourth-order valence-electron chi connectivity index (χ4n) is 1.57. The SMILES string of the molecule is O=C(O)COc1cccc(CNS(=O)(=O)C2CC2)c1. The Labute approximate surface area is 111 Å². The van der Waals surface area contributed by atoms with Gasteiger partial charge in [-0.2, -0.15) is 0 Å². The zero-order valence-corrected chi connectivity index (χ0v) is 11.0. The molecule has 104 valence electrons. The molecule has 0 saturated heterocycles. The third-order valence-corrected chi connectivity index (χ3v) is 4.60. The minimum atomic E-state index is -3.21. The van der Waals surface area contributed by atoms with Crippen LogP contribution in [0.25, 0.3) is 0 Å². The summed E-state index contributed by atoms with van der Waals surface area (Å²) in [6, 6.07) is 6.70. The van der Waals surface area contributed by atoms with Gasteiger partial charge in [0.1, 0.15) is 5.75 Å². The van der Waals surface area contributed by atoms with E-state index in [1.165, 1.54) is 0 Å². The van der Waals surface area contributed by atoms with Crippen molar-refractivity contribution in [2.45, 2.75) is 24.6 Å². The van der Waals surface area contributed by atoms with Crippen LogP contribution in [0.15, 0.2) is 24.3 Å². The van der Waals surface area contributed by atoms with Gasteiger partial charge in [0.15, 0.2) is 6.61 Å². The van der Waals surface area contributed by atoms with Crippen molar-refractivity contribution in [1.82, 2.24) is 4.72 Å². The number of carboxylic acids is 1. The predicted octanol–water partition coefficient (Wildman–Crippen LogP) is 0.732. The molecule has 7 heteroatoms. The van der Waals surface area contributed by atoms with E-state index in [2.05, 4.69) is 4.72 Å². The molecule has 1 aromatic carbocycles. The molecular weight excluding hydrogens is 270 g/mol. The van der Waals surface area contributed by atoms with Crippen LogP contribution in [-0.2, 0) is 21.4 Å². The Balaban J connectivity index is 1.93. The lowest BCUT2D eigenvalue weighted by molar-refractivity contribution is -0.139. The normalized spacial score (nSPS) is 15.2. The number of nitrogens with one attached hydrogen (secondary N) is 1. The first-order valence-electron chi connectivity index (χ1n) is 5.89. The molecule has 0 unspecified atom stereocenters. The average Bonchev–Trinajstić information content (AvgIpc) is 3.19. The van der Waals surface area contributed by atoms with Crippen LogP contribution in [0.2, 0.25) is 0 Å². The highest BCUT2D eigenvalue weighted by Crippen LogP contribution is 2.27. The van der Waals surface area contributed by atoms with Gasteiger partial charge in [-0.15, -0.1) is 0 Å². The lowest BCUT2D eigenvalue weighted by Gasteiger charge is -2.08. The maximum atomic E-state index is 11.6. The topological polar surface area (TPSA) is 92.7 Å². The first-order valence-corrected chi connectivity index (χ1v) is 7.44. The lowest BCUT2D eigenvalue weighted by Crippen LogP contribution is -2.26. The van der Waals surface area contributed by atoms with Gasteiger partial charge in [-0.05, 0) is 30.5 Å². The van der Waals surface area contributed by atoms with Gasteiger partial charge in [-0.25, -0.2) is 17.9 Å². The smallest absolute Gasteiger partial charge is 0.341 e. The molecular formula is C12H15NO5S. The first kappa shape index (κ1) is 13.8. The van der Waals surface area contributed by atoms with Crippen LogP contribution in [0.5, 0.6) is 5.75 Å². The lowest BCUT2D eigenvalue weighted by atomic mass is 10.2.